The van der Waals surface area contributed by atoms with Gasteiger partial charge in [0.25, 0.3) is 0 Å². The highest BCUT2D eigenvalue weighted by Crippen LogP contribution is 2.27. The molecular weight excluding hydrogens is 232 g/mol. The Bertz CT molecular complexity index is 368. The first-order valence-corrected chi connectivity index (χ1v) is 8.01. The number of hydrogen-bond acceptors (Lipinski definition) is 1. The molecule has 108 valence electrons. The molecule has 0 aliphatic heterocycles. The zero-order chi connectivity index (χ0) is 14.1. The van der Waals surface area contributed by atoms with Crippen LogP contribution in [-0.2, 0) is 12.8 Å². The summed E-state index contributed by atoms with van der Waals surface area (Å²) in [6, 6.07) is 3.91. The Hall–Kier alpha value is -0.980. The van der Waals surface area contributed by atoms with E-state index < -0.39 is 0 Å². The fraction of sp³-hybridized carbons (Fsp3) is 0.667. The predicted molar refractivity (Wildman–Crippen MR) is 83.9 cm³/mol. The Balaban J connectivity index is 2.54. The summed E-state index contributed by atoms with van der Waals surface area (Å²) in [6.07, 6.45) is 11.1. The van der Waals surface area contributed by atoms with Crippen molar-refractivity contribution >= 4 is 0 Å². The topological polar surface area (TPSA) is 20.2 Å². The molecule has 0 atom stereocenters. The van der Waals surface area contributed by atoms with Gasteiger partial charge in [-0.2, -0.15) is 0 Å². The number of aromatic hydroxyl groups is 1. The first-order valence-electron chi connectivity index (χ1n) is 8.01. The second kappa shape index (κ2) is 9.01. The Kier molecular flexibility index (Phi) is 7.62. The van der Waals surface area contributed by atoms with Crippen LogP contribution in [0.1, 0.15) is 75.5 Å². The predicted octanol–water partition coefficient (Wildman–Crippen LogP) is 5.56. The van der Waals surface area contributed by atoms with Gasteiger partial charge in [-0.3, -0.25) is 0 Å². The van der Waals surface area contributed by atoms with Gasteiger partial charge in [-0.25, -0.2) is 0 Å². The van der Waals surface area contributed by atoms with Crippen LogP contribution < -0.4 is 0 Å². The average Bonchev–Trinajstić information content (AvgIpc) is 2.40. The van der Waals surface area contributed by atoms with E-state index >= 15 is 0 Å². The summed E-state index contributed by atoms with van der Waals surface area (Å²) in [4.78, 5) is 0. The van der Waals surface area contributed by atoms with Crippen LogP contribution in [-0.4, -0.2) is 5.11 Å². The third-order valence-electron chi connectivity index (χ3n) is 3.92. The first kappa shape index (κ1) is 16.1. The lowest BCUT2D eigenvalue weighted by Gasteiger charge is -2.14. The number of benzene rings is 1. The maximum absolute atomic E-state index is 10.1. The number of phenols is 1. The van der Waals surface area contributed by atoms with Gasteiger partial charge in [0.05, 0.1) is 0 Å². The van der Waals surface area contributed by atoms with Crippen LogP contribution >= 0.6 is 0 Å². The van der Waals surface area contributed by atoms with Crippen molar-refractivity contribution in [3.05, 3.63) is 28.8 Å². The second-order valence-electron chi connectivity index (χ2n) is 5.63. The van der Waals surface area contributed by atoms with Gasteiger partial charge < -0.3 is 5.11 Å². The van der Waals surface area contributed by atoms with Crippen molar-refractivity contribution < 1.29 is 5.11 Å². The van der Waals surface area contributed by atoms with E-state index in [2.05, 4.69) is 20.8 Å². The van der Waals surface area contributed by atoms with Crippen LogP contribution in [0.3, 0.4) is 0 Å². The van der Waals surface area contributed by atoms with Crippen LogP contribution in [0.5, 0.6) is 5.75 Å². The molecule has 19 heavy (non-hydrogen) atoms. The second-order valence-corrected chi connectivity index (χ2v) is 5.63. The lowest BCUT2D eigenvalue weighted by molar-refractivity contribution is 0.464. The fourth-order valence-electron chi connectivity index (χ4n) is 2.76. The van der Waals surface area contributed by atoms with Crippen LogP contribution in [0.2, 0.25) is 0 Å². The van der Waals surface area contributed by atoms with Gasteiger partial charge >= 0.3 is 0 Å². The van der Waals surface area contributed by atoms with Crippen LogP contribution in [0.15, 0.2) is 12.1 Å². The van der Waals surface area contributed by atoms with Gasteiger partial charge in [-0.05, 0) is 48.9 Å². The van der Waals surface area contributed by atoms with Crippen molar-refractivity contribution in [3.63, 3.8) is 0 Å². The van der Waals surface area contributed by atoms with Crippen molar-refractivity contribution in [1.29, 1.82) is 0 Å². The molecule has 0 aliphatic carbocycles. The molecule has 0 spiro atoms. The van der Waals surface area contributed by atoms with Gasteiger partial charge in [-0.15, -0.1) is 0 Å². The zero-order valence-corrected chi connectivity index (χ0v) is 13.0. The highest BCUT2D eigenvalue weighted by molar-refractivity contribution is 5.44. The van der Waals surface area contributed by atoms with Crippen LogP contribution in [0.25, 0.3) is 0 Å². The van der Waals surface area contributed by atoms with Gasteiger partial charge in [0.2, 0.25) is 0 Å². The maximum Gasteiger partial charge on any atom is 0.119 e. The van der Waals surface area contributed by atoms with Crippen LogP contribution in [0, 0.1) is 6.92 Å². The highest BCUT2D eigenvalue weighted by Gasteiger charge is 2.09. The summed E-state index contributed by atoms with van der Waals surface area (Å²) < 4.78 is 0. The SMILES string of the molecule is CCCCCCCCc1c(O)ccc(C)c1CCC. The summed E-state index contributed by atoms with van der Waals surface area (Å²) in [5.41, 5.74) is 3.93. The molecule has 1 aromatic carbocycles. The number of unbranched alkanes of at least 4 members (excludes halogenated alkanes) is 5. The molecule has 1 heteroatoms. The van der Waals surface area contributed by atoms with E-state index in [1.165, 1.54) is 55.2 Å². The molecule has 1 N–H and O–H groups in total. The molecule has 1 aromatic rings. The van der Waals surface area contributed by atoms with E-state index in [0.29, 0.717) is 5.75 Å². The molecular formula is C18H30O. The van der Waals surface area contributed by atoms with Crippen molar-refractivity contribution in [2.45, 2.75) is 78.6 Å². The monoisotopic (exact) mass is 262 g/mol. The Morgan fingerprint density at radius 2 is 1.47 bits per heavy atom. The molecule has 0 radical (unpaired) electrons. The number of hydrogen-bond donors (Lipinski definition) is 1. The lowest BCUT2D eigenvalue weighted by atomic mass is 9.93. The lowest BCUT2D eigenvalue weighted by Crippen LogP contribution is -1.98. The van der Waals surface area contributed by atoms with E-state index in [1.807, 2.05) is 12.1 Å². The quantitative estimate of drug-likeness (QED) is 0.578. The van der Waals surface area contributed by atoms with Crippen molar-refractivity contribution in [2.24, 2.45) is 0 Å². The standard InChI is InChI=1S/C18H30O/c1-4-6-7-8-9-10-12-17-16(11-5-2)15(3)13-14-18(17)19/h13-14,19H,4-12H2,1-3H3. The summed E-state index contributed by atoms with van der Waals surface area (Å²) in [5, 5.41) is 10.1. The normalized spacial score (nSPS) is 10.9. The molecule has 0 aliphatic rings. The zero-order valence-electron chi connectivity index (χ0n) is 13.0. The largest absolute Gasteiger partial charge is 0.508 e. The summed E-state index contributed by atoms with van der Waals surface area (Å²) in [6.45, 7) is 6.62. The molecule has 0 heterocycles. The van der Waals surface area contributed by atoms with Crippen molar-refractivity contribution in [2.75, 3.05) is 0 Å². The maximum atomic E-state index is 10.1. The van der Waals surface area contributed by atoms with Gasteiger partial charge in [-0.1, -0.05) is 58.4 Å². The summed E-state index contributed by atoms with van der Waals surface area (Å²) in [7, 11) is 0. The Morgan fingerprint density at radius 3 is 2.16 bits per heavy atom. The van der Waals surface area contributed by atoms with Gasteiger partial charge in [0, 0.05) is 0 Å². The number of rotatable bonds is 9. The van der Waals surface area contributed by atoms with E-state index in [0.717, 1.165) is 19.3 Å². The molecule has 0 bridgehead atoms. The molecule has 0 amide bonds. The van der Waals surface area contributed by atoms with Gasteiger partial charge in [0.1, 0.15) is 5.75 Å². The minimum Gasteiger partial charge on any atom is -0.508 e. The fourth-order valence-corrected chi connectivity index (χ4v) is 2.76. The van der Waals surface area contributed by atoms with Crippen LogP contribution in [0.4, 0.5) is 0 Å². The Morgan fingerprint density at radius 1 is 0.789 bits per heavy atom. The minimum atomic E-state index is 0.502. The van der Waals surface area contributed by atoms with E-state index in [1.54, 1.807) is 0 Å². The number of phenolic OH excluding ortho intramolecular Hbond substituents is 1. The third-order valence-corrected chi connectivity index (χ3v) is 3.92. The first-order chi connectivity index (χ1) is 9.20. The minimum absolute atomic E-state index is 0.502. The van der Waals surface area contributed by atoms with E-state index in [4.69, 9.17) is 0 Å². The molecule has 0 saturated heterocycles. The number of aryl methyl sites for hydroxylation is 1. The summed E-state index contributed by atoms with van der Waals surface area (Å²) >= 11 is 0. The summed E-state index contributed by atoms with van der Waals surface area (Å²) in [5.74, 6) is 0.502. The molecule has 0 aromatic heterocycles. The van der Waals surface area contributed by atoms with Crippen molar-refractivity contribution in [1.82, 2.24) is 0 Å². The van der Waals surface area contributed by atoms with Crippen molar-refractivity contribution in [3.8, 4) is 5.75 Å². The molecule has 1 rings (SSSR count). The van der Waals surface area contributed by atoms with E-state index in [-0.39, 0.29) is 0 Å². The smallest absolute Gasteiger partial charge is 0.119 e. The molecule has 1 nitrogen and oxygen atoms in total. The van der Waals surface area contributed by atoms with Gasteiger partial charge in [0.15, 0.2) is 0 Å². The Labute approximate surface area is 119 Å². The molecule has 0 saturated carbocycles. The molecule has 0 fully saturated rings. The molecule has 0 unspecified atom stereocenters. The highest BCUT2D eigenvalue weighted by atomic mass is 16.3. The third kappa shape index (κ3) is 5.26. The average molecular weight is 262 g/mol. The van der Waals surface area contributed by atoms with E-state index in [9.17, 15) is 5.11 Å².